The van der Waals surface area contributed by atoms with Crippen LogP contribution >= 0.6 is 0 Å². The van der Waals surface area contributed by atoms with Crippen LogP contribution in [-0.2, 0) is 0 Å². The summed E-state index contributed by atoms with van der Waals surface area (Å²) in [6.45, 7) is 0. The number of hydrogen-bond acceptors (Lipinski definition) is 4. The van der Waals surface area contributed by atoms with Gasteiger partial charge in [-0.3, -0.25) is 0 Å². The predicted molar refractivity (Wildman–Crippen MR) is 122 cm³/mol. The summed E-state index contributed by atoms with van der Waals surface area (Å²) in [6.07, 6.45) is 0. The summed E-state index contributed by atoms with van der Waals surface area (Å²) in [4.78, 5) is 0. The lowest BCUT2D eigenvalue weighted by molar-refractivity contribution is 1.19. The minimum absolute atomic E-state index is 0.557. The third kappa shape index (κ3) is 3.71. The molecule has 5 rings (SSSR count). The Morgan fingerprint density at radius 3 is 2.10 bits per heavy atom. The molecule has 0 amide bonds. The highest BCUT2D eigenvalue weighted by Crippen LogP contribution is 2.35. The third-order valence-electron chi connectivity index (χ3n) is 4.80. The second kappa shape index (κ2) is 8.05. The lowest BCUT2D eigenvalue weighted by Gasteiger charge is -2.04. The minimum atomic E-state index is 0.557. The number of hydrogen-bond donors (Lipinski definition) is 0. The molecule has 0 saturated heterocycles. The van der Waals surface area contributed by atoms with Gasteiger partial charge >= 0.3 is 0 Å². The van der Waals surface area contributed by atoms with Gasteiger partial charge in [-0.1, -0.05) is 78.9 Å². The van der Waals surface area contributed by atoms with Gasteiger partial charge in [0.25, 0.3) is 0 Å². The number of nitrogens with zero attached hydrogens (tertiary/aromatic N) is 4. The zero-order chi connectivity index (χ0) is 20.2. The highest BCUT2D eigenvalue weighted by atomic mass is 15.2. The van der Waals surface area contributed by atoms with Crippen LogP contribution in [0.5, 0.6) is 0 Å². The summed E-state index contributed by atoms with van der Waals surface area (Å²) in [5, 5.41) is 22.0. The molecule has 5 aromatic carbocycles. The van der Waals surface area contributed by atoms with Gasteiger partial charge in [0.2, 0.25) is 0 Å². The summed E-state index contributed by atoms with van der Waals surface area (Å²) in [6, 6.07) is 37.1. The molecule has 0 aliphatic rings. The Morgan fingerprint density at radius 1 is 0.500 bits per heavy atom. The summed E-state index contributed by atoms with van der Waals surface area (Å²) < 4.78 is 0. The summed E-state index contributed by atoms with van der Waals surface area (Å²) in [7, 11) is 0. The van der Waals surface area contributed by atoms with Crippen LogP contribution < -0.4 is 0 Å². The summed E-state index contributed by atoms with van der Waals surface area (Å²) >= 11 is 0. The smallest absolute Gasteiger partial charge is 0.122 e. The van der Waals surface area contributed by atoms with Crippen molar-refractivity contribution in [1.82, 2.24) is 0 Å². The first-order valence-corrected chi connectivity index (χ1v) is 9.68. The first-order chi connectivity index (χ1) is 14.9. The van der Waals surface area contributed by atoms with Crippen molar-refractivity contribution in [3.8, 4) is 0 Å². The third-order valence-corrected chi connectivity index (χ3v) is 4.80. The predicted octanol–water partition coefficient (Wildman–Crippen LogP) is 8.62. The molecule has 0 spiro atoms. The van der Waals surface area contributed by atoms with Gasteiger partial charge in [0.15, 0.2) is 0 Å². The maximum absolute atomic E-state index is 4.53. The molecule has 1 radical (unpaired) electrons. The molecule has 30 heavy (non-hydrogen) atoms. The van der Waals surface area contributed by atoms with E-state index in [0.717, 1.165) is 32.9 Å². The molecule has 0 atom stereocenters. The van der Waals surface area contributed by atoms with E-state index in [1.165, 1.54) is 0 Å². The van der Waals surface area contributed by atoms with Crippen molar-refractivity contribution in [1.29, 1.82) is 0 Å². The van der Waals surface area contributed by atoms with Gasteiger partial charge in [-0.05, 0) is 40.4 Å². The Bertz CT molecular complexity index is 1380. The summed E-state index contributed by atoms with van der Waals surface area (Å²) in [5.74, 6) is 0. The van der Waals surface area contributed by atoms with Crippen molar-refractivity contribution in [2.75, 3.05) is 0 Å². The van der Waals surface area contributed by atoms with E-state index >= 15 is 0 Å². The van der Waals surface area contributed by atoms with Crippen LogP contribution in [0, 0.1) is 6.07 Å². The molecule has 0 fully saturated rings. The van der Waals surface area contributed by atoms with Crippen molar-refractivity contribution in [3.63, 3.8) is 0 Å². The van der Waals surface area contributed by atoms with Crippen LogP contribution in [0.3, 0.4) is 0 Å². The van der Waals surface area contributed by atoms with Gasteiger partial charge in [0, 0.05) is 11.5 Å². The van der Waals surface area contributed by atoms with Gasteiger partial charge in [0.1, 0.15) is 11.4 Å². The topological polar surface area (TPSA) is 49.4 Å². The Hall–Kier alpha value is -4.18. The van der Waals surface area contributed by atoms with Crippen molar-refractivity contribution in [2.24, 2.45) is 20.5 Å². The van der Waals surface area contributed by atoms with Gasteiger partial charge in [-0.2, -0.15) is 5.11 Å². The zero-order valence-corrected chi connectivity index (χ0v) is 16.1. The molecule has 0 saturated carbocycles. The maximum Gasteiger partial charge on any atom is 0.122 e. The molecule has 4 nitrogen and oxygen atoms in total. The Morgan fingerprint density at radius 2 is 1.20 bits per heavy atom. The molecule has 141 valence electrons. The molecule has 0 aromatic heterocycles. The van der Waals surface area contributed by atoms with Crippen molar-refractivity contribution >= 4 is 44.3 Å². The molecule has 0 N–H and O–H groups in total. The molecule has 5 aromatic rings. The lowest BCUT2D eigenvalue weighted by atomic mass is 10.1. The number of azo groups is 2. The van der Waals surface area contributed by atoms with Crippen LogP contribution in [0.15, 0.2) is 124 Å². The van der Waals surface area contributed by atoms with E-state index in [-0.39, 0.29) is 0 Å². The van der Waals surface area contributed by atoms with E-state index in [2.05, 4.69) is 38.7 Å². The standard InChI is InChI=1S/C26H17N4/c1-2-13-22(14-3-1)27-29-25-17-20-10-4-5-11-21(20)18-26(25)30-28-24-16-8-12-19-9-6-7-15-23(19)24/h1-16,18H. The van der Waals surface area contributed by atoms with Crippen molar-refractivity contribution in [2.45, 2.75) is 0 Å². The molecular weight excluding hydrogens is 368 g/mol. The summed E-state index contributed by atoms with van der Waals surface area (Å²) in [5.41, 5.74) is 2.77. The van der Waals surface area contributed by atoms with Crippen LogP contribution in [0.4, 0.5) is 22.7 Å². The average molecular weight is 385 g/mol. The van der Waals surface area contributed by atoms with Crippen LogP contribution in [-0.4, -0.2) is 0 Å². The van der Waals surface area contributed by atoms with E-state index in [9.17, 15) is 0 Å². The normalized spacial score (nSPS) is 11.7. The molecule has 0 aliphatic carbocycles. The van der Waals surface area contributed by atoms with E-state index in [1.54, 1.807) is 0 Å². The van der Waals surface area contributed by atoms with Crippen LogP contribution in [0.1, 0.15) is 0 Å². The van der Waals surface area contributed by atoms with Crippen LogP contribution in [0.25, 0.3) is 21.5 Å². The number of rotatable bonds is 4. The molecule has 0 aliphatic heterocycles. The number of fused-ring (bicyclic) bond motifs is 2. The molecule has 0 heterocycles. The fourth-order valence-electron chi connectivity index (χ4n) is 3.30. The lowest BCUT2D eigenvalue weighted by Crippen LogP contribution is -1.76. The molecule has 0 unspecified atom stereocenters. The van der Waals surface area contributed by atoms with Crippen molar-refractivity contribution < 1.29 is 0 Å². The van der Waals surface area contributed by atoms with Crippen molar-refractivity contribution in [3.05, 3.63) is 109 Å². The monoisotopic (exact) mass is 385 g/mol. The molecule has 4 heteroatoms. The SMILES string of the molecule is [c]1c(N=Nc2ccccc2)c(N=Nc2cccc3ccccc23)cc2ccccc12. The van der Waals surface area contributed by atoms with Gasteiger partial charge in [-0.25, -0.2) is 0 Å². The number of benzene rings is 5. The molecule has 0 bridgehead atoms. The van der Waals surface area contributed by atoms with E-state index < -0.39 is 0 Å². The zero-order valence-electron chi connectivity index (χ0n) is 16.1. The first-order valence-electron chi connectivity index (χ1n) is 9.68. The minimum Gasteiger partial charge on any atom is -0.150 e. The maximum atomic E-state index is 4.53. The van der Waals surface area contributed by atoms with E-state index in [4.69, 9.17) is 0 Å². The second-order valence-electron chi connectivity index (χ2n) is 6.82. The van der Waals surface area contributed by atoms with E-state index in [0.29, 0.717) is 11.4 Å². The van der Waals surface area contributed by atoms with Gasteiger partial charge in [0.05, 0.1) is 11.4 Å². The van der Waals surface area contributed by atoms with Gasteiger partial charge in [-0.15, -0.1) is 15.3 Å². The highest BCUT2D eigenvalue weighted by molar-refractivity contribution is 5.92. The quantitative estimate of drug-likeness (QED) is 0.278. The highest BCUT2D eigenvalue weighted by Gasteiger charge is 2.06. The van der Waals surface area contributed by atoms with E-state index in [1.807, 2.05) is 91.0 Å². The molecular formula is C26H17N4. The fraction of sp³-hybridized carbons (Fsp3) is 0. The van der Waals surface area contributed by atoms with Gasteiger partial charge < -0.3 is 0 Å². The van der Waals surface area contributed by atoms with Crippen LogP contribution in [0.2, 0.25) is 0 Å². The largest absolute Gasteiger partial charge is 0.150 e. The Balaban J connectivity index is 1.60. The Kier molecular flexibility index (Phi) is 4.80. The Labute approximate surface area is 174 Å². The second-order valence-corrected chi connectivity index (χ2v) is 6.82. The first kappa shape index (κ1) is 17.9. The average Bonchev–Trinajstić information content (AvgIpc) is 2.81. The fourth-order valence-corrected chi connectivity index (χ4v) is 3.30.